The highest BCUT2D eigenvalue weighted by atomic mass is 28.4. The fourth-order valence-corrected chi connectivity index (χ4v) is 7.28. The van der Waals surface area contributed by atoms with Crippen molar-refractivity contribution < 1.29 is 4.53 Å². The van der Waals surface area contributed by atoms with E-state index in [1.165, 1.54) is 16.7 Å². The van der Waals surface area contributed by atoms with Crippen LogP contribution >= 0.6 is 0 Å². The van der Waals surface area contributed by atoms with Gasteiger partial charge in [0.2, 0.25) is 0 Å². The smallest absolute Gasteiger partial charge is 0.300 e. The molecule has 0 saturated heterocycles. The molecule has 0 fully saturated rings. The van der Waals surface area contributed by atoms with E-state index in [1.807, 2.05) is 6.92 Å². The molecule has 0 heterocycles. The standard InChI is InChI=1S/C25H29NOSi/c1-3-22(2)26-27-28(19-23-13-7-4-8-14-23,20-24-15-9-5-10-16-24)21-25-17-11-6-12-18-25/h4-18H,3,19-21H2,1-2H3. The maximum atomic E-state index is 6.52. The van der Waals surface area contributed by atoms with E-state index >= 15 is 0 Å². The quantitative estimate of drug-likeness (QED) is 0.248. The van der Waals surface area contributed by atoms with E-state index in [9.17, 15) is 0 Å². The molecule has 0 aliphatic heterocycles. The van der Waals surface area contributed by atoms with Crippen LogP contribution in [0.2, 0.25) is 0 Å². The Bertz CT molecular complexity index is 761. The van der Waals surface area contributed by atoms with Gasteiger partial charge in [-0.25, -0.2) is 0 Å². The van der Waals surface area contributed by atoms with Gasteiger partial charge in [0.15, 0.2) is 0 Å². The molecule has 3 aromatic rings. The lowest BCUT2D eigenvalue weighted by Crippen LogP contribution is -2.46. The monoisotopic (exact) mass is 387 g/mol. The van der Waals surface area contributed by atoms with E-state index in [0.29, 0.717) is 0 Å². The van der Waals surface area contributed by atoms with Gasteiger partial charge in [0.05, 0.1) is 5.71 Å². The van der Waals surface area contributed by atoms with Crippen LogP contribution in [0.5, 0.6) is 0 Å². The van der Waals surface area contributed by atoms with Crippen LogP contribution in [0, 0.1) is 0 Å². The number of nitrogens with zero attached hydrogens (tertiary/aromatic N) is 1. The maximum absolute atomic E-state index is 6.52. The van der Waals surface area contributed by atoms with Gasteiger partial charge >= 0.3 is 0 Å². The van der Waals surface area contributed by atoms with Crippen molar-refractivity contribution in [3.8, 4) is 0 Å². The molecule has 3 heteroatoms. The summed E-state index contributed by atoms with van der Waals surface area (Å²) in [6, 6.07) is 34.9. The summed E-state index contributed by atoms with van der Waals surface area (Å²) < 4.78 is 6.52. The molecule has 0 saturated carbocycles. The molecule has 0 radical (unpaired) electrons. The SMILES string of the molecule is CCC(C)=NO[Si](Cc1ccccc1)(Cc1ccccc1)Cc1ccccc1. The van der Waals surface area contributed by atoms with Gasteiger partial charge in [-0.1, -0.05) is 97.9 Å². The van der Waals surface area contributed by atoms with Crippen molar-refractivity contribution in [2.24, 2.45) is 5.16 Å². The molecule has 144 valence electrons. The maximum Gasteiger partial charge on any atom is 0.300 e. The van der Waals surface area contributed by atoms with Crippen LogP contribution in [0.1, 0.15) is 37.0 Å². The highest BCUT2D eigenvalue weighted by Gasteiger charge is 2.39. The van der Waals surface area contributed by atoms with Gasteiger partial charge < -0.3 is 4.53 Å². The van der Waals surface area contributed by atoms with Crippen molar-refractivity contribution in [2.45, 2.75) is 38.4 Å². The van der Waals surface area contributed by atoms with Crippen LogP contribution in [0.3, 0.4) is 0 Å². The first kappa shape index (κ1) is 20.1. The summed E-state index contributed by atoms with van der Waals surface area (Å²) in [7, 11) is -2.28. The van der Waals surface area contributed by atoms with Gasteiger partial charge in [-0.2, -0.15) is 0 Å². The van der Waals surface area contributed by atoms with Crippen molar-refractivity contribution in [3.05, 3.63) is 108 Å². The number of hydrogen-bond acceptors (Lipinski definition) is 2. The van der Waals surface area contributed by atoms with E-state index in [-0.39, 0.29) is 0 Å². The molecule has 0 aromatic heterocycles. The van der Waals surface area contributed by atoms with E-state index in [2.05, 4.69) is 103 Å². The Kier molecular flexibility index (Phi) is 7.21. The molecule has 3 rings (SSSR count). The Balaban J connectivity index is 2.00. The minimum Gasteiger partial charge on any atom is -0.454 e. The molecule has 0 aliphatic carbocycles. The van der Waals surface area contributed by atoms with Crippen molar-refractivity contribution in [1.82, 2.24) is 0 Å². The predicted octanol–water partition coefficient (Wildman–Crippen LogP) is 6.08. The first-order valence-electron chi connectivity index (χ1n) is 10.0. The van der Waals surface area contributed by atoms with Crippen LogP contribution in [0.15, 0.2) is 96.2 Å². The summed E-state index contributed by atoms with van der Waals surface area (Å²) in [6.45, 7) is 4.17. The topological polar surface area (TPSA) is 21.6 Å². The van der Waals surface area contributed by atoms with E-state index < -0.39 is 8.32 Å². The average Bonchev–Trinajstić information content (AvgIpc) is 2.74. The van der Waals surface area contributed by atoms with Gasteiger partial charge in [-0.3, -0.25) is 0 Å². The van der Waals surface area contributed by atoms with Crippen LogP contribution in [0.4, 0.5) is 0 Å². The second-order valence-corrected chi connectivity index (χ2v) is 11.1. The molecule has 0 bridgehead atoms. The normalized spacial score (nSPS) is 12.0. The number of oxime groups is 1. The lowest BCUT2D eigenvalue weighted by molar-refractivity contribution is 0.315. The van der Waals surface area contributed by atoms with Crippen molar-refractivity contribution in [3.63, 3.8) is 0 Å². The van der Waals surface area contributed by atoms with Crippen molar-refractivity contribution in [1.29, 1.82) is 0 Å². The molecular weight excluding hydrogens is 358 g/mol. The van der Waals surface area contributed by atoms with Gasteiger partial charge in [0.1, 0.15) is 0 Å². The van der Waals surface area contributed by atoms with Gasteiger partial charge in [0, 0.05) is 18.1 Å². The minimum atomic E-state index is -2.28. The Morgan fingerprint density at radius 2 is 1.04 bits per heavy atom. The van der Waals surface area contributed by atoms with E-state index in [1.54, 1.807) is 0 Å². The molecule has 0 atom stereocenters. The Morgan fingerprint density at radius 1 is 0.679 bits per heavy atom. The zero-order chi connectivity index (χ0) is 19.7. The molecule has 0 aliphatic rings. The fourth-order valence-electron chi connectivity index (χ4n) is 3.43. The predicted molar refractivity (Wildman–Crippen MR) is 121 cm³/mol. The third-order valence-electron chi connectivity index (χ3n) is 5.01. The van der Waals surface area contributed by atoms with Crippen LogP contribution in [-0.2, 0) is 22.7 Å². The van der Waals surface area contributed by atoms with Gasteiger partial charge in [-0.05, 0) is 30.0 Å². The molecule has 2 nitrogen and oxygen atoms in total. The summed E-state index contributed by atoms with van der Waals surface area (Å²) in [5, 5.41) is 4.58. The second kappa shape index (κ2) is 10.0. The lowest BCUT2D eigenvalue weighted by Gasteiger charge is -2.30. The molecule has 28 heavy (non-hydrogen) atoms. The van der Waals surface area contributed by atoms with Crippen LogP contribution in [-0.4, -0.2) is 14.0 Å². The third-order valence-corrected chi connectivity index (χ3v) is 8.65. The molecular formula is C25H29NOSi. The summed E-state index contributed by atoms with van der Waals surface area (Å²) in [5.74, 6) is 0. The van der Waals surface area contributed by atoms with Gasteiger partial charge in [-0.15, -0.1) is 5.16 Å². The highest BCUT2D eigenvalue weighted by molar-refractivity contribution is 6.72. The summed E-state index contributed by atoms with van der Waals surface area (Å²) in [6.07, 6.45) is 0.909. The van der Waals surface area contributed by atoms with Crippen LogP contribution in [0.25, 0.3) is 0 Å². The Hall–Kier alpha value is -2.65. The Labute approximate surface area is 170 Å². The molecule has 0 unspecified atom stereocenters. The number of benzene rings is 3. The lowest BCUT2D eigenvalue weighted by atomic mass is 10.2. The zero-order valence-electron chi connectivity index (χ0n) is 16.8. The number of rotatable bonds is 9. The van der Waals surface area contributed by atoms with E-state index in [0.717, 1.165) is 30.3 Å². The fraction of sp³-hybridized carbons (Fsp3) is 0.240. The third kappa shape index (κ3) is 5.93. The van der Waals surface area contributed by atoms with Gasteiger partial charge in [0.25, 0.3) is 8.32 Å². The summed E-state index contributed by atoms with van der Waals surface area (Å²) in [4.78, 5) is 0. The first-order chi connectivity index (χ1) is 13.7. The first-order valence-corrected chi connectivity index (χ1v) is 12.6. The minimum absolute atomic E-state index is 0.909. The second-order valence-electron chi connectivity index (χ2n) is 7.44. The molecule has 0 N–H and O–H groups in total. The molecule has 0 spiro atoms. The van der Waals surface area contributed by atoms with E-state index in [4.69, 9.17) is 4.53 Å². The highest BCUT2D eigenvalue weighted by Crippen LogP contribution is 2.24. The largest absolute Gasteiger partial charge is 0.454 e. The number of hydrogen-bond donors (Lipinski definition) is 0. The van der Waals surface area contributed by atoms with Crippen molar-refractivity contribution >= 4 is 14.0 Å². The van der Waals surface area contributed by atoms with Crippen molar-refractivity contribution in [2.75, 3.05) is 0 Å². The summed E-state index contributed by atoms with van der Waals surface area (Å²) >= 11 is 0. The molecule has 0 amide bonds. The average molecular weight is 388 g/mol. The summed E-state index contributed by atoms with van der Waals surface area (Å²) in [5.41, 5.74) is 5.02. The van der Waals surface area contributed by atoms with Crippen LogP contribution < -0.4 is 0 Å². The molecule has 3 aromatic carbocycles. The Morgan fingerprint density at radius 3 is 1.36 bits per heavy atom. The zero-order valence-corrected chi connectivity index (χ0v) is 17.8.